The lowest BCUT2D eigenvalue weighted by Gasteiger charge is -2.12. The second-order valence-corrected chi connectivity index (χ2v) is 7.37. The van der Waals surface area contributed by atoms with Crippen LogP contribution >= 0.6 is 11.8 Å². The highest BCUT2D eigenvalue weighted by molar-refractivity contribution is 8.18. The molecule has 32 heavy (non-hydrogen) atoms. The van der Waals surface area contributed by atoms with E-state index in [9.17, 15) is 23.6 Å². The molecular formula is C22H18FNO7S. The van der Waals surface area contributed by atoms with E-state index in [2.05, 4.69) is 4.74 Å². The normalized spacial score (nSPS) is 14.6. The first-order valence-corrected chi connectivity index (χ1v) is 10.2. The summed E-state index contributed by atoms with van der Waals surface area (Å²) in [6.07, 6.45) is 1.47. The monoisotopic (exact) mass is 459 g/mol. The predicted octanol–water partition coefficient (Wildman–Crippen LogP) is 3.65. The number of hydrogen-bond donors (Lipinski definition) is 0. The van der Waals surface area contributed by atoms with Gasteiger partial charge in [-0.05, 0) is 66.7 Å². The van der Waals surface area contributed by atoms with Crippen LogP contribution in [0, 0.1) is 5.82 Å². The fraction of sp³-hybridized carbons (Fsp3) is 0.182. The minimum absolute atomic E-state index is 0.123. The number of rotatable bonds is 7. The molecule has 1 aliphatic rings. The smallest absolute Gasteiger partial charge is 0.343 e. The number of carbonyl (C=O) groups excluding carboxylic acids is 4. The molecular weight excluding hydrogens is 441 g/mol. The molecule has 0 saturated carbocycles. The molecule has 10 heteroatoms. The summed E-state index contributed by atoms with van der Waals surface area (Å²) in [5, 5.41) is -0.582. The Hall–Kier alpha value is -3.66. The maximum atomic E-state index is 13.1. The van der Waals surface area contributed by atoms with Gasteiger partial charge in [-0.2, -0.15) is 0 Å². The Bertz CT molecular complexity index is 1100. The van der Waals surface area contributed by atoms with Gasteiger partial charge >= 0.3 is 11.9 Å². The minimum atomic E-state index is -0.709. The van der Waals surface area contributed by atoms with Gasteiger partial charge in [-0.25, -0.2) is 9.18 Å². The number of carbonyl (C=O) groups is 4. The summed E-state index contributed by atoms with van der Waals surface area (Å²) in [6, 6.07) is 9.51. The maximum absolute atomic E-state index is 13.1. The van der Waals surface area contributed by atoms with E-state index in [0.29, 0.717) is 17.3 Å². The predicted molar refractivity (Wildman–Crippen MR) is 114 cm³/mol. The second kappa shape index (κ2) is 10.1. The van der Waals surface area contributed by atoms with Crippen LogP contribution in [0.25, 0.3) is 6.08 Å². The number of halogens is 1. The van der Waals surface area contributed by atoms with Gasteiger partial charge in [0, 0.05) is 0 Å². The Morgan fingerprint density at radius 3 is 2.47 bits per heavy atom. The zero-order valence-electron chi connectivity index (χ0n) is 17.1. The van der Waals surface area contributed by atoms with Gasteiger partial charge in [0.05, 0.1) is 24.2 Å². The third-order valence-electron chi connectivity index (χ3n) is 4.24. The molecule has 1 fully saturated rings. The summed E-state index contributed by atoms with van der Waals surface area (Å²) in [5.74, 6) is -2.11. The largest absolute Gasteiger partial charge is 0.490 e. The lowest BCUT2D eigenvalue weighted by atomic mass is 10.1. The van der Waals surface area contributed by atoms with Crippen molar-refractivity contribution in [3.63, 3.8) is 0 Å². The first kappa shape index (κ1) is 23.0. The van der Waals surface area contributed by atoms with Crippen molar-refractivity contribution in [3.8, 4) is 11.5 Å². The molecule has 2 aromatic rings. The van der Waals surface area contributed by atoms with E-state index in [1.54, 1.807) is 19.1 Å². The molecule has 0 bridgehead atoms. The Morgan fingerprint density at radius 1 is 1.09 bits per heavy atom. The van der Waals surface area contributed by atoms with Crippen molar-refractivity contribution in [2.24, 2.45) is 0 Å². The van der Waals surface area contributed by atoms with Crippen molar-refractivity contribution in [1.29, 1.82) is 0 Å². The highest BCUT2D eigenvalue weighted by Crippen LogP contribution is 2.35. The van der Waals surface area contributed by atoms with Gasteiger partial charge in [-0.15, -0.1) is 0 Å². The fourth-order valence-electron chi connectivity index (χ4n) is 2.69. The van der Waals surface area contributed by atoms with Crippen LogP contribution < -0.4 is 9.47 Å². The molecule has 2 aromatic carbocycles. The number of thioether (sulfide) groups is 1. The quantitative estimate of drug-likeness (QED) is 0.352. The van der Waals surface area contributed by atoms with Crippen LogP contribution in [0.1, 0.15) is 22.8 Å². The average Bonchev–Trinajstić information content (AvgIpc) is 3.03. The van der Waals surface area contributed by atoms with Crippen molar-refractivity contribution in [2.75, 3.05) is 20.3 Å². The van der Waals surface area contributed by atoms with Crippen LogP contribution in [-0.4, -0.2) is 48.2 Å². The molecule has 3 rings (SSSR count). The number of ether oxygens (including phenoxy) is 3. The lowest BCUT2D eigenvalue weighted by Crippen LogP contribution is -2.34. The summed E-state index contributed by atoms with van der Waals surface area (Å²) in [4.78, 5) is 49.2. The molecule has 1 heterocycles. The molecule has 1 saturated heterocycles. The molecule has 0 unspecified atom stereocenters. The van der Waals surface area contributed by atoms with E-state index in [0.717, 1.165) is 24.1 Å². The van der Waals surface area contributed by atoms with E-state index in [4.69, 9.17) is 9.47 Å². The van der Waals surface area contributed by atoms with Crippen LogP contribution in [0.4, 0.5) is 9.18 Å². The molecule has 8 nitrogen and oxygen atoms in total. The molecule has 0 aliphatic carbocycles. The van der Waals surface area contributed by atoms with Crippen molar-refractivity contribution in [3.05, 3.63) is 64.3 Å². The number of benzene rings is 2. The molecule has 2 amide bonds. The topological polar surface area (TPSA) is 99.2 Å². The zero-order chi connectivity index (χ0) is 23.3. The van der Waals surface area contributed by atoms with E-state index < -0.39 is 35.4 Å². The highest BCUT2D eigenvalue weighted by atomic mass is 32.2. The molecule has 0 radical (unpaired) electrons. The van der Waals surface area contributed by atoms with Crippen LogP contribution in [0.5, 0.6) is 11.5 Å². The number of amides is 2. The van der Waals surface area contributed by atoms with E-state index in [-0.39, 0.29) is 28.6 Å². The Balaban J connectivity index is 1.82. The number of methoxy groups -OCH3 is 1. The summed E-state index contributed by atoms with van der Waals surface area (Å²) in [6.45, 7) is 1.55. The summed E-state index contributed by atoms with van der Waals surface area (Å²) in [7, 11) is 1.16. The van der Waals surface area contributed by atoms with Crippen LogP contribution in [0.15, 0.2) is 47.4 Å². The van der Waals surface area contributed by atoms with Crippen molar-refractivity contribution < 1.29 is 37.8 Å². The molecule has 0 spiro atoms. The Labute approximate surface area is 186 Å². The van der Waals surface area contributed by atoms with Gasteiger partial charge < -0.3 is 14.2 Å². The molecule has 0 aromatic heterocycles. The summed E-state index contributed by atoms with van der Waals surface area (Å²) < 4.78 is 28.5. The van der Waals surface area contributed by atoms with Crippen molar-refractivity contribution >= 4 is 40.9 Å². The third-order valence-corrected chi connectivity index (χ3v) is 5.14. The SMILES string of the molecule is CCOc1cc(/C=C2\SC(=O)N(CC(=O)OC)C2=O)ccc1OC(=O)c1ccc(F)cc1. The zero-order valence-corrected chi connectivity index (χ0v) is 17.9. The average molecular weight is 459 g/mol. The second-order valence-electron chi connectivity index (χ2n) is 6.38. The summed E-state index contributed by atoms with van der Waals surface area (Å²) >= 11 is 0.696. The van der Waals surface area contributed by atoms with Crippen LogP contribution in [0.2, 0.25) is 0 Å². The highest BCUT2D eigenvalue weighted by Gasteiger charge is 2.36. The van der Waals surface area contributed by atoms with Crippen LogP contribution in [0.3, 0.4) is 0 Å². The van der Waals surface area contributed by atoms with E-state index >= 15 is 0 Å². The van der Waals surface area contributed by atoms with Gasteiger partial charge in [0.1, 0.15) is 12.4 Å². The van der Waals surface area contributed by atoms with Crippen molar-refractivity contribution in [1.82, 2.24) is 4.90 Å². The Morgan fingerprint density at radius 2 is 1.81 bits per heavy atom. The van der Waals surface area contributed by atoms with Crippen molar-refractivity contribution in [2.45, 2.75) is 6.92 Å². The standard InChI is InChI=1S/C22H18FNO7S/c1-3-30-17-10-13(11-18-20(26)24(22(28)32-18)12-19(25)29-2)4-9-16(17)31-21(27)14-5-7-15(23)8-6-14/h4-11H,3,12H2,1-2H3/b18-11-. The van der Waals surface area contributed by atoms with Gasteiger partial charge in [0.15, 0.2) is 11.5 Å². The fourth-order valence-corrected chi connectivity index (χ4v) is 3.53. The number of hydrogen-bond acceptors (Lipinski definition) is 8. The molecule has 0 N–H and O–H groups in total. The number of esters is 2. The number of nitrogens with zero attached hydrogens (tertiary/aromatic N) is 1. The van der Waals surface area contributed by atoms with Gasteiger partial charge in [-0.3, -0.25) is 19.3 Å². The van der Waals surface area contributed by atoms with E-state index in [1.807, 2.05) is 0 Å². The number of imide groups is 1. The van der Waals surface area contributed by atoms with Gasteiger partial charge in [0.2, 0.25) is 0 Å². The van der Waals surface area contributed by atoms with Gasteiger partial charge in [-0.1, -0.05) is 6.07 Å². The summed E-state index contributed by atoms with van der Waals surface area (Å²) in [5.41, 5.74) is 0.677. The first-order chi connectivity index (χ1) is 15.3. The maximum Gasteiger partial charge on any atom is 0.343 e. The molecule has 0 atom stereocenters. The molecule has 1 aliphatic heterocycles. The van der Waals surface area contributed by atoms with Crippen LogP contribution in [-0.2, 0) is 14.3 Å². The van der Waals surface area contributed by atoms with Gasteiger partial charge in [0.25, 0.3) is 11.1 Å². The molecule has 166 valence electrons. The lowest BCUT2D eigenvalue weighted by molar-refractivity contribution is -0.143. The first-order valence-electron chi connectivity index (χ1n) is 9.39. The third kappa shape index (κ3) is 5.33. The minimum Gasteiger partial charge on any atom is -0.490 e. The Kier molecular flexibility index (Phi) is 7.26. The van der Waals surface area contributed by atoms with E-state index in [1.165, 1.54) is 24.3 Å².